The van der Waals surface area contributed by atoms with E-state index in [2.05, 4.69) is 5.10 Å². The van der Waals surface area contributed by atoms with Crippen LogP contribution in [0.3, 0.4) is 0 Å². The highest BCUT2D eigenvalue weighted by Crippen LogP contribution is 2.38. The fraction of sp³-hybridized carbons (Fsp3) is 0.200. The molecule has 0 atom stereocenters. The lowest BCUT2D eigenvalue weighted by Gasteiger charge is -2.19. The Morgan fingerprint density at radius 1 is 1.04 bits per heavy atom. The molecule has 6 heteroatoms. The molecule has 0 aliphatic heterocycles. The van der Waals surface area contributed by atoms with Crippen molar-refractivity contribution in [2.75, 3.05) is 14.2 Å². The zero-order chi connectivity index (χ0) is 18.3. The first-order chi connectivity index (χ1) is 12.6. The van der Waals surface area contributed by atoms with Crippen molar-refractivity contribution in [2.45, 2.75) is 12.8 Å². The van der Waals surface area contributed by atoms with E-state index in [0.29, 0.717) is 6.42 Å². The molecule has 2 aromatic carbocycles. The Bertz CT molecular complexity index is 990. The predicted octanol–water partition coefficient (Wildman–Crippen LogP) is 3.35. The standard InChI is InChI=1S/C20H18N2O4/c1-25-14-6-4-13(5-7-14)22-19-16-10-8-15(26-2)11-12(16)3-9-17(19)18(21-22)20(23)24/h4-8,10-11H,3,9H2,1-2H3,(H,23,24). The van der Waals surface area contributed by atoms with Gasteiger partial charge >= 0.3 is 5.97 Å². The number of hydrogen-bond donors (Lipinski definition) is 1. The van der Waals surface area contributed by atoms with Crippen LogP contribution in [0.15, 0.2) is 42.5 Å². The zero-order valence-electron chi connectivity index (χ0n) is 14.5. The number of nitrogens with zero attached hydrogens (tertiary/aromatic N) is 2. The van der Waals surface area contributed by atoms with Gasteiger partial charge in [0.1, 0.15) is 11.5 Å². The van der Waals surface area contributed by atoms with Crippen LogP contribution >= 0.6 is 0 Å². The van der Waals surface area contributed by atoms with Gasteiger partial charge in [0, 0.05) is 11.1 Å². The first-order valence-electron chi connectivity index (χ1n) is 8.29. The second-order valence-corrected chi connectivity index (χ2v) is 6.11. The van der Waals surface area contributed by atoms with E-state index in [0.717, 1.165) is 46.0 Å². The van der Waals surface area contributed by atoms with Gasteiger partial charge in [-0.15, -0.1) is 0 Å². The van der Waals surface area contributed by atoms with Crippen LogP contribution in [0.2, 0.25) is 0 Å². The molecule has 26 heavy (non-hydrogen) atoms. The number of hydrogen-bond acceptors (Lipinski definition) is 4. The summed E-state index contributed by atoms with van der Waals surface area (Å²) in [5, 5.41) is 14.0. The molecule has 0 amide bonds. The molecule has 0 radical (unpaired) electrons. The highest BCUT2D eigenvalue weighted by atomic mass is 16.5. The van der Waals surface area contributed by atoms with Gasteiger partial charge in [0.05, 0.1) is 25.6 Å². The number of carbonyl (C=O) groups is 1. The normalized spacial score (nSPS) is 12.2. The average Bonchev–Trinajstić information content (AvgIpc) is 3.08. The van der Waals surface area contributed by atoms with Gasteiger partial charge in [0.2, 0.25) is 0 Å². The lowest BCUT2D eigenvalue weighted by molar-refractivity contribution is 0.0688. The maximum atomic E-state index is 11.7. The number of carboxylic acids is 1. The Morgan fingerprint density at radius 2 is 1.73 bits per heavy atom. The first kappa shape index (κ1) is 16.2. The summed E-state index contributed by atoms with van der Waals surface area (Å²) in [6.07, 6.45) is 1.39. The van der Waals surface area contributed by atoms with E-state index in [4.69, 9.17) is 9.47 Å². The molecule has 4 rings (SSSR count). The quantitative estimate of drug-likeness (QED) is 0.781. The summed E-state index contributed by atoms with van der Waals surface area (Å²) in [5.74, 6) is 0.519. The number of fused-ring (bicyclic) bond motifs is 3. The maximum Gasteiger partial charge on any atom is 0.356 e. The maximum absolute atomic E-state index is 11.7. The number of ether oxygens (including phenoxy) is 2. The highest BCUT2D eigenvalue weighted by Gasteiger charge is 2.29. The van der Waals surface area contributed by atoms with Crippen LogP contribution in [0, 0.1) is 0 Å². The van der Waals surface area contributed by atoms with Gasteiger partial charge in [-0.1, -0.05) is 0 Å². The van der Waals surface area contributed by atoms with Crippen molar-refractivity contribution in [3.63, 3.8) is 0 Å². The van der Waals surface area contributed by atoms with Crippen LogP contribution in [-0.4, -0.2) is 35.1 Å². The second kappa shape index (κ2) is 6.22. The molecule has 3 aromatic rings. The van der Waals surface area contributed by atoms with Crippen molar-refractivity contribution in [3.05, 3.63) is 59.3 Å². The minimum atomic E-state index is -1.01. The van der Waals surface area contributed by atoms with E-state index < -0.39 is 5.97 Å². The van der Waals surface area contributed by atoms with Gasteiger partial charge in [-0.3, -0.25) is 0 Å². The SMILES string of the molecule is COc1ccc(-n2nc(C(=O)O)c3c2-c2ccc(OC)cc2CC3)cc1. The molecule has 1 heterocycles. The van der Waals surface area contributed by atoms with Gasteiger partial charge in [-0.25, -0.2) is 9.48 Å². The first-order valence-corrected chi connectivity index (χ1v) is 8.29. The number of aryl methyl sites for hydroxylation is 1. The third-order valence-corrected chi connectivity index (χ3v) is 4.71. The van der Waals surface area contributed by atoms with Crippen LogP contribution in [0.4, 0.5) is 0 Å². The summed E-state index contributed by atoms with van der Waals surface area (Å²) in [7, 11) is 3.25. The summed E-state index contributed by atoms with van der Waals surface area (Å²) in [5.41, 5.74) is 4.62. The summed E-state index contributed by atoms with van der Waals surface area (Å²) in [6, 6.07) is 13.3. The highest BCUT2D eigenvalue weighted by molar-refractivity contribution is 5.91. The number of carboxylic acid groups (broad SMARTS) is 1. The summed E-state index contributed by atoms with van der Waals surface area (Å²) >= 11 is 0. The summed E-state index contributed by atoms with van der Waals surface area (Å²) in [6.45, 7) is 0. The molecule has 0 bridgehead atoms. The van der Waals surface area contributed by atoms with E-state index in [1.54, 1.807) is 18.9 Å². The second-order valence-electron chi connectivity index (χ2n) is 6.11. The zero-order valence-corrected chi connectivity index (χ0v) is 14.5. The van der Waals surface area contributed by atoms with Crippen molar-refractivity contribution in [3.8, 4) is 28.4 Å². The fourth-order valence-electron chi connectivity index (χ4n) is 3.44. The largest absolute Gasteiger partial charge is 0.497 e. The molecule has 6 nitrogen and oxygen atoms in total. The topological polar surface area (TPSA) is 73.6 Å². The van der Waals surface area contributed by atoms with Gasteiger partial charge in [0.25, 0.3) is 0 Å². The van der Waals surface area contributed by atoms with Crippen molar-refractivity contribution in [2.24, 2.45) is 0 Å². The minimum Gasteiger partial charge on any atom is -0.497 e. The number of benzene rings is 2. The summed E-state index contributed by atoms with van der Waals surface area (Å²) in [4.78, 5) is 11.7. The smallest absolute Gasteiger partial charge is 0.356 e. The molecule has 0 saturated carbocycles. The molecule has 132 valence electrons. The predicted molar refractivity (Wildman–Crippen MR) is 96.5 cm³/mol. The third kappa shape index (κ3) is 2.50. The molecule has 0 spiro atoms. The number of rotatable bonds is 4. The molecular formula is C20H18N2O4. The Balaban J connectivity index is 1.94. The van der Waals surface area contributed by atoms with Gasteiger partial charge in [0.15, 0.2) is 5.69 Å². The van der Waals surface area contributed by atoms with Gasteiger partial charge < -0.3 is 14.6 Å². The average molecular weight is 350 g/mol. The molecule has 0 saturated heterocycles. The van der Waals surface area contributed by atoms with E-state index >= 15 is 0 Å². The van der Waals surface area contributed by atoms with Crippen LogP contribution in [0.25, 0.3) is 16.9 Å². The minimum absolute atomic E-state index is 0.109. The van der Waals surface area contributed by atoms with E-state index in [1.165, 1.54) is 0 Å². The van der Waals surface area contributed by atoms with Crippen LogP contribution in [0.1, 0.15) is 21.6 Å². The number of aromatic carboxylic acids is 1. The van der Waals surface area contributed by atoms with E-state index in [-0.39, 0.29) is 5.69 Å². The van der Waals surface area contributed by atoms with Crippen LogP contribution in [-0.2, 0) is 12.8 Å². The van der Waals surface area contributed by atoms with E-state index in [9.17, 15) is 9.90 Å². The Labute approximate surface area is 150 Å². The Morgan fingerprint density at radius 3 is 2.38 bits per heavy atom. The van der Waals surface area contributed by atoms with Crippen LogP contribution in [0.5, 0.6) is 11.5 Å². The van der Waals surface area contributed by atoms with Crippen molar-refractivity contribution in [1.29, 1.82) is 0 Å². The van der Waals surface area contributed by atoms with Crippen molar-refractivity contribution in [1.82, 2.24) is 9.78 Å². The molecule has 1 aliphatic carbocycles. The van der Waals surface area contributed by atoms with Gasteiger partial charge in [-0.05, 0) is 60.9 Å². The van der Waals surface area contributed by atoms with Crippen LogP contribution < -0.4 is 9.47 Å². The monoisotopic (exact) mass is 350 g/mol. The number of methoxy groups -OCH3 is 2. The molecule has 0 unspecified atom stereocenters. The molecular weight excluding hydrogens is 332 g/mol. The lowest BCUT2D eigenvalue weighted by Crippen LogP contribution is -2.08. The van der Waals surface area contributed by atoms with Crippen molar-refractivity contribution < 1.29 is 19.4 Å². The fourth-order valence-corrected chi connectivity index (χ4v) is 3.44. The molecule has 1 aromatic heterocycles. The van der Waals surface area contributed by atoms with Gasteiger partial charge in [-0.2, -0.15) is 5.10 Å². The Hall–Kier alpha value is -3.28. The summed E-state index contributed by atoms with van der Waals surface area (Å²) < 4.78 is 12.2. The van der Waals surface area contributed by atoms with Crippen molar-refractivity contribution >= 4 is 5.97 Å². The molecule has 1 aliphatic rings. The third-order valence-electron chi connectivity index (χ3n) is 4.71. The van der Waals surface area contributed by atoms with E-state index in [1.807, 2.05) is 42.5 Å². The molecule has 1 N–H and O–H groups in total. The lowest BCUT2D eigenvalue weighted by atomic mass is 9.88. The Kier molecular flexibility index (Phi) is 3.88. The number of aromatic nitrogens is 2. The molecule has 0 fully saturated rings.